The molecule has 0 saturated carbocycles. The summed E-state index contributed by atoms with van der Waals surface area (Å²) in [4.78, 5) is 0. The first-order chi connectivity index (χ1) is 16.0. The van der Waals surface area contributed by atoms with Crippen molar-refractivity contribution in [1.82, 2.24) is 0 Å². The molecule has 0 heterocycles. The van der Waals surface area contributed by atoms with Gasteiger partial charge in [0, 0.05) is 7.11 Å². The zero-order valence-electron chi connectivity index (χ0n) is 20.9. The van der Waals surface area contributed by atoms with E-state index in [2.05, 4.69) is 0 Å². The number of aliphatic hydroxyl groups is 3. The fourth-order valence-corrected chi connectivity index (χ4v) is 1.89. The van der Waals surface area contributed by atoms with Gasteiger partial charge in [-0.3, -0.25) is 0 Å². The van der Waals surface area contributed by atoms with Crippen molar-refractivity contribution in [3.05, 3.63) is 0 Å². The van der Waals surface area contributed by atoms with Crippen molar-refractivity contribution in [1.29, 1.82) is 0 Å². The predicted molar refractivity (Wildman–Crippen MR) is 123 cm³/mol. The molecule has 0 spiro atoms. The molecule has 3 atom stereocenters. The lowest BCUT2D eigenvalue weighted by Gasteiger charge is -2.16. The van der Waals surface area contributed by atoms with E-state index in [4.69, 9.17) is 53.2 Å². The highest BCUT2D eigenvalue weighted by atomic mass is 16.6. The molecule has 33 heavy (non-hydrogen) atoms. The predicted octanol–water partition coefficient (Wildman–Crippen LogP) is -0.122. The first-order valence-corrected chi connectivity index (χ1v) is 11.5. The van der Waals surface area contributed by atoms with Crippen LogP contribution in [0.4, 0.5) is 0 Å². The molecule has 0 saturated heterocycles. The second kappa shape index (κ2) is 29.6. The highest BCUT2D eigenvalue weighted by Crippen LogP contribution is 1.97. The quantitative estimate of drug-likeness (QED) is 0.157. The van der Waals surface area contributed by atoms with E-state index < -0.39 is 6.10 Å². The molecule has 0 aliphatic heterocycles. The van der Waals surface area contributed by atoms with Crippen LogP contribution >= 0.6 is 0 Å². The van der Waals surface area contributed by atoms with Crippen LogP contribution < -0.4 is 0 Å². The van der Waals surface area contributed by atoms with Crippen LogP contribution in [-0.4, -0.2) is 140 Å². The molecule has 202 valence electrons. The maximum Gasteiger partial charge on any atom is 0.0781 e. The van der Waals surface area contributed by atoms with Gasteiger partial charge >= 0.3 is 0 Å². The minimum atomic E-state index is -0.447. The number of methoxy groups -OCH3 is 1. The summed E-state index contributed by atoms with van der Waals surface area (Å²) in [7, 11) is 1.64. The second-order valence-corrected chi connectivity index (χ2v) is 7.10. The Hall–Kier alpha value is -0.440. The summed E-state index contributed by atoms with van der Waals surface area (Å²) in [5, 5.41) is 26.0. The number of rotatable bonds is 24. The Kier molecular flexibility index (Phi) is 31.1. The highest BCUT2D eigenvalue weighted by Gasteiger charge is 2.07. The fourth-order valence-electron chi connectivity index (χ4n) is 1.89. The third-order valence-corrected chi connectivity index (χ3v) is 3.65. The summed E-state index contributed by atoms with van der Waals surface area (Å²) in [5.74, 6) is 0. The van der Waals surface area contributed by atoms with E-state index in [9.17, 15) is 0 Å². The second-order valence-electron chi connectivity index (χ2n) is 7.10. The summed E-state index contributed by atoms with van der Waals surface area (Å²) >= 11 is 0. The minimum absolute atomic E-state index is 0.0170. The van der Waals surface area contributed by atoms with Crippen molar-refractivity contribution in [2.75, 3.05) is 106 Å². The molecule has 3 N–H and O–H groups in total. The molecule has 11 heteroatoms. The summed E-state index contributed by atoms with van der Waals surface area (Å²) in [6, 6.07) is 0. The Labute approximate surface area is 199 Å². The maximum atomic E-state index is 8.92. The van der Waals surface area contributed by atoms with Crippen LogP contribution in [0.25, 0.3) is 0 Å². The van der Waals surface area contributed by atoms with E-state index in [1.807, 2.05) is 6.92 Å². The molecule has 11 nitrogen and oxygen atoms in total. The van der Waals surface area contributed by atoms with Crippen LogP contribution in [0.3, 0.4) is 0 Å². The standard InChI is InChI=1S/C13H28O7.C9H20O4/c1-15-4-5-17-8-9-19-12-13-20-11-10-18-7-6-16-3-2-14;1-7(11)5-12-9(3)6-13-8(2)4-10/h14H,2-13H2,1H3;7-11H,4-6H2,1-3H3. The number of hydrogen-bond acceptors (Lipinski definition) is 11. The molecule has 0 fully saturated rings. The molecule has 0 radical (unpaired) electrons. The third kappa shape index (κ3) is 33.8. The average Bonchev–Trinajstić information content (AvgIpc) is 2.81. The summed E-state index contributed by atoms with van der Waals surface area (Å²) < 4.78 is 41.5. The Morgan fingerprint density at radius 1 is 0.545 bits per heavy atom. The Morgan fingerprint density at radius 2 is 0.939 bits per heavy atom. The molecule has 0 aromatic heterocycles. The zero-order chi connectivity index (χ0) is 25.0. The highest BCUT2D eigenvalue weighted by molar-refractivity contribution is 4.53. The van der Waals surface area contributed by atoms with Crippen molar-refractivity contribution in [3.63, 3.8) is 0 Å². The van der Waals surface area contributed by atoms with Gasteiger partial charge in [0.25, 0.3) is 0 Å². The van der Waals surface area contributed by atoms with Gasteiger partial charge in [0.2, 0.25) is 0 Å². The lowest BCUT2D eigenvalue weighted by molar-refractivity contribution is -0.0620. The van der Waals surface area contributed by atoms with Crippen LogP contribution in [0.2, 0.25) is 0 Å². The van der Waals surface area contributed by atoms with Gasteiger partial charge < -0.3 is 53.2 Å². The van der Waals surface area contributed by atoms with E-state index >= 15 is 0 Å². The molecule has 0 rings (SSSR count). The lowest BCUT2D eigenvalue weighted by atomic mass is 10.4. The SMILES string of the molecule is CC(O)COC(C)COC(C)CO.COCCOCCOCCOCCOCCOCCO. The van der Waals surface area contributed by atoms with Gasteiger partial charge in [-0.15, -0.1) is 0 Å². The first kappa shape index (κ1) is 34.7. The number of ether oxygens (including phenoxy) is 8. The van der Waals surface area contributed by atoms with Gasteiger partial charge in [-0.25, -0.2) is 0 Å². The van der Waals surface area contributed by atoms with Crippen LogP contribution in [0, 0.1) is 0 Å². The maximum absolute atomic E-state index is 8.92. The van der Waals surface area contributed by atoms with Gasteiger partial charge in [0.05, 0.1) is 117 Å². The number of aliphatic hydroxyl groups excluding tert-OH is 3. The largest absolute Gasteiger partial charge is 0.394 e. The average molecular weight is 489 g/mol. The van der Waals surface area contributed by atoms with Gasteiger partial charge in [-0.1, -0.05) is 0 Å². The van der Waals surface area contributed by atoms with E-state index in [0.717, 1.165) is 0 Å². The van der Waals surface area contributed by atoms with E-state index in [0.29, 0.717) is 85.9 Å². The lowest BCUT2D eigenvalue weighted by Crippen LogP contribution is -2.24. The molecule has 0 bridgehead atoms. The van der Waals surface area contributed by atoms with Crippen molar-refractivity contribution in [3.8, 4) is 0 Å². The molecule has 0 aromatic carbocycles. The smallest absolute Gasteiger partial charge is 0.0781 e. The topological polar surface area (TPSA) is 135 Å². The van der Waals surface area contributed by atoms with E-state index in [-0.39, 0.29) is 25.4 Å². The molecular formula is C22H48O11. The Balaban J connectivity index is 0. The van der Waals surface area contributed by atoms with Crippen LogP contribution in [-0.2, 0) is 37.9 Å². The molecule has 0 aliphatic rings. The fraction of sp³-hybridized carbons (Fsp3) is 1.00. The van der Waals surface area contributed by atoms with Gasteiger partial charge in [-0.2, -0.15) is 0 Å². The zero-order valence-corrected chi connectivity index (χ0v) is 20.9. The first-order valence-electron chi connectivity index (χ1n) is 11.5. The van der Waals surface area contributed by atoms with Gasteiger partial charge in [-0.05, 0) is 20.8 Å². The molecule has 0 amide bonds. The van der Waals surface area contributed by atoms with Crippen molar-refractivity contribution < 1.29 is 53.2 Å². The van der Waals surface area contributed by atoms with Gasteiger partial charge in [0.15, 0.2) is 0 Å². The molecule has 0 aromatic rings. The summed E-state index contributed by atoms with van der Waals surface area (Å²) in [6.45, 7) is 12.0. The molecule has 0 aliphatic carbocycles. The summed E-state index contributed by atoms with van der Waals surface area (Å²) in [6.07, 6.45) is -0.654. The normalized spacial score (nSPS) is 13.9. The monoisotopic (exact) mass is 488 g/mol. The van der Waals surface area contributed by atoms with Crippen LogP contribution in [0.5, 0.6) is 0 Å². The molecular weight excluding hydrogens is 440 g/mol. The van der Waals surface area contributed by atoms with Crippen LogP contribution in [0.15, 0.2) is 0 Å². The van der Waals surface area contributed by atoms with Crippen LogP contribution in [0.1, 0.15) is 20.8 Å². The van der Waals surface area contributed by atoms with Crippen molar-refractivity contribution in [2.45, 2.75) is 39.1 Å². The van der Waals surface area contributed by atoms with Gasteiger partial charge in [0.1, 0.15) is 0 Å². The Morgan fingerprint density at radius 3 is 1.30 bits per heavy atom. The minimum Gasteiger partial charge on any atom is -0.394 e. The number of hydrogen-bond donors (Lipinski definition) is 3. The Bertz CT molecular complexity index is 330. The van der Waals surface area contributed by atoms with E-state index in [1.165, 1.54) is 0 Å². The van der Waals surface area contributed by atoms with E-state index in [1.54, 1.807) is 21.0 Å². The van der Waals surface area contributed by atoms with Crippen molar-refractivity contribution >= 4 is 0 Å². The molecule has 3 unspecified atom stereocenters. The van der Waals surface area contributed by atoms with Crippen molar-refractivity contribution in [2.24, 2.45) is 0 Å². The third-order valence-electron chi connectivity index (χ3n) is 3.65. The summed E-state index contributed by atoms with van der Waals surface area (Å²) in [5.41, 5.74) is 0.